The summed E-state index contributed by atoms with van der Waals surface area (Å²) < 4.78 is 5.05. The highest BCUT2D eigenvalue weighted by Crippen LogP contribution is 2.06. The third-order valence-corrected chi connectivity index (χ3v) is 1.74. The fourth-order valence-electron chi connectivity index (χ4n) is 1.08. The van der Waals surface area contributed by atoms with Crippen LogP contribution >= 0.6 is 0 Å². The van der Waals surface area contributed by atoms with Gasteiger partial charge in [0.25, 0.3) is 0 Å². The molecule has 0 aliphatic heterocycles. The number of hydrogen-bond acceptors (Lipinski definition) is 2. The van der Waals surface area contributed by atoms with Gasteiger partial charge in [0, 0.05) is 12.3 Å². The van der Waals surface area contributed by atoms with Gasteiger partial charge in [-0.1, -0.05) is 32.1 Å². The fourth-order valence-corrected chi connectivity index (χ4v) is 1.08. The maximum Gasteiger partial charge on any atom is 0.384 e. The predicted octanol–water partition coefficient (Wildman–Crippen LogP) is 3.30. The summed E-state index contributed by atoms with van der Waals surface area (Å²) in [7, 11) is 0. The molecule has 0 aromatic heterocycles. The van der Waals surface area contributed by atoms with Crippen molar-refractivity contribution in [2.24, 2.45) is 0 Å². The molecule has 0 saturated carbocycles. The Labute approximate surface area is 93.4 Å². The minimum absolute atomic E-state index is 0.419. The number of carbonyl (C=O) groups excluding carboxylic acids is 1. The molecular formula is C13H22O2. The molecule has 0 atom stereocenters. The standard InChI is InChI=1S/C13H22O2/c1-5-6-7-8-9-10-11-12(14)15-13(2,3)4/h5-9H2,1-4H3. The highest BCUT2D eigenvalue weighted by molar-refractivity contribution is 5.88. The van der Waals surface area contributed by atoms with Crippen molar-refractivity contribution in [2.75, 3.05) is 0 Å². The van der Waals surface area contributed by atoms with Crippen LogP contribution in [0.3, 0.4) is 0 Å². The van der Waals surface area contributed by atoms with Crippen LogP contribution in [-0.2, 0) is 9.53 Å². The van der Waals surface area contributed by atoms with Gasteiger partial charge in [0.05, 0.1) is 0 Å². The molecule has 0 saturated heterocycles. The Bertz CT molecular complexity index is 237. The smallest absolute Gasteiger partial charge is 0.384 e. The quantitative estimate of drug-likeness (QED) is 0.308. The van der Waals surface area contributed by atoms with Crippen LogP contribution in [0.25, 0.3) is 0 Å². The Kier molecular flexibility index (Phi) is 6.86. The molecule has 0 spiro atoms. The summed E-state index contributed by atoms with van der Waals surface area (Å²) >= 11 is 0. The first-order chi connectivity index (χ1) is 6.95. The van der Waals surface area contributed by atoms with Gasteiger partial charge in [0.15, 0.2) is 0 Å². The zero-order chi connectivity index (χ0) is 11.7. The topological polar surface area (TPSA) is 26.3 Å². The van der Waals surface area contributed by atoms with Crippen LogP contribution in [0.5, 0.6) is 0 Å². The summed E-state index contributed by atoms with van der Waals surface area (Å²) in [6.07, 6.45) is 5.52. The number of unbranched alkanes of at least 4 members (excludes halogenated alkanes) is 4. The molecule has 0 aliphatic carbocycles. The second kappa shape index (κ2) is 7.34. The summed E-state index contributed by atoms with van der Waals surface area (Å²) in [4.78, 5) is 11.2. The van der Waals surface area contributed by atoms with E-state index in [4.69, 9.17) is 4.74 Å². The molecule has 0 bridgehead atoms. The molecule has 0 aromatic carbocycles. The number of esters is 1. The Hall–Kier alpha value is -0.970. The maximum atomic E-state index is 11.2. The van der Waals surface area contributed by atoms with Gasteiger partial charge >= 0.3 is 5.97 Å². The third kappa shape index (κ3) is 11.0. The number of rotatable bonds is 4. The van der Waals surface area contributed by atoms with E-state index >= 15 is 0 Å². The van der Waals surface area contributed by atoms with Crippen LogP contribution in [0.4, 0.5) is 0 Å². The molecule has 0 aromatic rings. The molecule has 0 radical (unpaired) electrons. The van der Waals surface area contributed by atoms with Gasteiger partial charge in [-0.25, -0.2) is 4.79 Å². The highest BCUT2D eigenvalue weighted by atomic mass is 16.6. The van der Waals surface area contributed by atoms with Crippen LogP contribution in [0.2, 0.25) is 0 Å². The van der Waals surface area contributed by atoms with Crippen molar-refractivity contribution < 1.29 is 9.53 Å². The van der Waals surface area contributed by atoms with Crippen LogP contribution in [0.15, 0.2) is 0 Å². The molecule has 0 rings (SSSR count). The lowest BCUT2D eigenvalue weighted by atomic mass is 10.1. The predicted molar refractivity (Wildman–Crippen MR) is 62.4 cm³/mol. The van der Waals surface area contributed by atoms with Crippen molar-refractivity contribution in [2.45, 2.75) is 65.4 Å². The maximum absolute atomic E-state index is 11.2. The first kappa shape index (κ1) is 14.0. The van der Waals surface area contributed by atoms with Gasteiger partial charge in [-0.3, -0.25) is 0 Å². The first-order valence-corrected chi connectivity index (χ1v) is 5.67. The van der Waals surface area contributed by atoms with E-state index in [9.17, 15) is 4.79 Å². The lowest BCUT2D eigenvalue weighted by molar-refractivity contribution is -0.147. The minimum atomic E-state index is -0.437. The van der Waals surface area contributed by atoms with Crippen molar-refractivity contribution in [1.29, 1.82) is 0 Å². The second-order valence-electron chi connectivity index (χ2n) is 4.61. The van der Waals surface area contributed by atoms with Crippen LogP contribution in [0, 0.1) is 11.8 Å². The van der Waals surface area contributed by atoms with E-state index in [0.717, 1.165) is 12.8 Å². The van der Waals surface area contributed by atoms with E-state index < -0.39 is 11.6 Å². The molecule has 0 heterocycles. The SMILES string of the molecule is CCCCCCC#CC(=O)OC(C)(C)C. The lowest BCUT2D eigenvalue weighted by Crippen LogP contribution is -2.22. The van der Waals surface area contributed by atoms with E-state index in [-0.39, 0.29) is 0 Å². The molecule has 0 unspecified atom stereocenters. The number of ether oxygens (including phenoxy) is 1. The minimum Gasteiger partial charge on any atom is -0.450 e. The molecule has 2 nitrogen and oxygen atoms in total. The Balaban J connectivity index is 3.64. The lowest BCUT2D eigenvalue weighted by Gasteiger charge is -2.16. The van der Waals surface area contributed by atoms with Crippen LogP contribution in [0.1, 0.15) is 59.8 Å². The molecule has 0 fully saturated rings. The van der Waals surface area contributed by atoms with Gasteiger partial charge < -0.3 is 4.74 Å². The molecular weight excluding hydrogens is 188 g/mol. The Morgan fingerprint density at radius 3 is 2.40 bits per heavy atom. The molecule has 0 amide bonds. The van der Waals surface area contributed by atoms with Crippen molar-refractivity contribution in [3.05, 3.63) is 0 Å². The van der Waals surface area contributed by atoms with E-state index in [0.29, 0.717) is 0 Å². The summed E-state index contributed by atoms with van der Waals surface area (Å²) in [6.45, 7) is 7.70. The van der Waals surface area contributed by atoms with Crippen LogP contribution in [-0.4, -0.2) is 11.6 Å². The van der Waals surface area contributed by atoms with Gasteiger partial charge in [0.2, 0.25) is 0 Å². The van der Waals surface area contributed by atoms with Crippen LogP contribution < -0.4 is 0 Å². The molecule has 2 heteroatoms. The van der Waals surface area contributed by atoms with E-state index in [1.807, 2.05) is 20.8 Å². The fraction of sp³-hybridized carbons (Fsp3) is 0.769. The summed E-state index contributed by atoms with van der Waals surface area (Å²) in [5.74, 6) is 4.93. The molecule has 0 aliphatic rings. The average Bonchev–Trinajstić information content (AvgIpc) is 2.08. The largest absolute Gasteiger partial charge is 0.450 e. The zero-order valence-corrected chi connectivity index (χ0v) is 10.4. The number of carbonyl (C=O) groups is 1. The van der Waals surface area contributed by atoms with Crippen molar-refractivity contribution in [1.82, 2.24) is 0 Å². The summed E-state index contributed by atoms with van der Waals surface area (Å²) in [6, 6.07) is 0. The molecule has 86 valence electrons. The molecule has 0 N–H and O–H groups in total. The normalized spacial score (nSPS) is 10.4. The average molecular weight is 210 g/mol. The van der Waals surface area contributed by atoms with E-state index in [2.05, 4.69) is 18.8 Å². The Morgan fingerprint density at radius 2 is 1.87 bits per heavy atom. The Morgan fingerprint density at radius 1 is 1.20 bits per heavy atom. The number of hydrogen-bond donors (Lipinski definition) is 0. The van der Waals surface area contributed by atoms with E-state index in [1.165, 1.54) is 19.3 Å². The van der Waals surface area contributed by atoms with E-state index in [1.54, 1.807) is 0 Å². The third-order valence-electron chi connectivity index (χ3n) is 1.74. The summed E-state index contributed by atoms with van der Waals surface area (Å²) in [5, 5.41) is 0. The molecule has 15 heavy (non-hydrogen) atoms. The van der Waals surface area contributed by atoms with Gasteiger partial charge in [-0.15, -0.1) is 0 Å². The zero-order valence-electron chi connectivity index (χ0n) is 10.4. The first-order valence-electron chi connectivity index (χ1n) is 5.67. The summed E-state index contributed by atoms with van der Waals surface area (Å²) in [5.41, 5.74) is -0.437. The van der Waals surface area contributed by atoms with Crippen molar-refractivity contribution in [3.63, 3.8) is 0 Å². The van der Waals surface area contributed by atoms with Gasteiger partial charge in [-0.2, -0.15) is 0 Å². The van der Waals surface area contributed by atoms with Crippen molar-refractivity contribution >= 4 is 5.97 Å². The highest BCUT2D eigenvalue weighted by Gasteiger charge is 2.13. The van der Waals surface area contributed by atoms with Gasteiger partial charge in [0.1, 0.15) is 5.60 Å². The van der Waals surface area contributed by atoms with Crippen molar-refractivity contribution in [3.8, 4) is 11.8 Å². The van der Waals surface area contributed by atoms with Gasteiger partial charge in [-0.05, 0) is 27.2 Å². The monoisotopic (exact) mass is 210 g/mol. The second-order valence-corrected chi connectivity index (χ2v) is 4.61.